The molecule has 0 unspecified atom stereocenters. The van der Waals surface area contributed by atoms with Gasteiger partial charge in [0.15, 0.2) is 5.96 Å². The zero-order valence-corrected chi connectivity index (χ0v) is 15.6. The molecule has 0 aliphatic heterocycles. The molecule has 0 fully saturated rings. The minimum Gasteiger partial charge on any atom is -0.356 e. The van der Waals surface area contributed by atoms with Crippen LogP contribution in [0.15, 0.2) is 47.7 Å². The molecule has 5 nitrogen and oxygen atoms in total. The molecule has 1 heterocycles. The molecule has 0 radical (unpaired) electrons. The van der Waals surface area contributed by atoms with Gasteiger partial charge in [-0.3, -0.25) is 9.67 Å². The highest BCUT2D eigenvalue weighted by Gasteiger charge is 2.00. The van der Waals surface area contributed by atoms with Gasteiger partial charge < -0.3 is 10.6 Å². The summed E-state index contributed by atoms with van der Waals surface area (Å²) in [5, 5.41) is 11.5. The molecule has 120 valence electrons. The van der Waals surface area contributed by atoms with Gasteiger partial charge in [-0.05, 0) is 24.1 Å². The average molecular weight is 434 g/mol. The fourth-order valence-corrected chi connectivity index (χ4v) is 2.19. The highest BCUT2D eigenvalue weighted by molar-refractivity contribution is 14.0. The summed E-state index contributed by atoms with van der Waals surface area (Å²) >= 11 is 6.13. The second-order valence-electron chi connectivity index (χ2n) is 4.54. The Balaban J connectivity index is 0.00000242. The summed E-state index contributed by atoms with van der Waals surface area (Å²) in [7, 11) is 1.76. The molecule has 0 aliphatic carbocycles. The summed E-state index contributed by atoms with van der Waals surface area (Å²) in [5.74, 6) is 0.786. The van der Waals surface area contributed by atoms with E-state index in [1.165, 1.54) is 0 Å². The van der Waals surface area contributed by atoms with Crippen molar-refractivity contribution in [1.29, 1.82) is 0 Å². The van der Waals surface area contributed by atoms with Crippen LogP contribution in [0.25, 0.3) is 0 Å². The molecule has 0 amide bonds. The molecule has 0 aliphatic rings. The summed E-state index contributed by atoms with van der Waals surface area (Å²) in [5.41, 5.74) is 1.14. The Bertz CT molecular complexity index is 571. The summed E-state index contributed by atoms with van der Waals surface area (Å²) in [6, 6.07) is 9.80. The molecule has 0 spiro atoms. The Labute approximate surface area is 153 Å². The minimum absolute atomic E-state index is 0. The average Bonchev–Trinajstić information content (AvgIpc) is 3.01. The van der Waals surface area contributed by atoms with Crippen LogP contribution in [0, 0.1) is 0 Å². The van der Waals surface area contributed by atoms with Gasteiger partial charge in [-0.15, -0.1) is 24.0 Å². The van der Waals surface area contributed by atoms with Crippen LogP contribution in [0.2, 0.25) is 5.02 Å². The van der Waals surface area contributed by atoms with Crippen molar-refractivity contribution in [2.45, 2.75) is 13.0 Å². The van der Waals surface area contributed by atoms with Gasteiger partial charge in [-0.2, -0.15) is 5.10 Å². The van der Waals surface area contributed by atoms with Crippen molar-refractivity contribution in [3.8, 4) is 0 Å². The van der Waals surface area contributed by atoms with E-state index in [1.54, 1.807) is 13.2 Å². The number of nitrogens with one attached hydrogen (secondary N) is 2. The number of benzene rings is 1. The highest BCUT2D eigenvalue weighted by atomic mass is 127. The molecule has 0 saturated carbocycles. The molecule has 1 aromatic heterocycles. The van der Waals surface area contributed by atoms with Crippen LogP contribution in [0.1, 0.15) is 5.56 Å². The molecule has 0 bridgehead atoms. The highest BCUT2D eigenvalue weighted by Crippen LogP contribution is 2.14. The lowest BCUT2D eigenvalue weighted by Gasteiger charge is -2.12. The van der Waals surface area contributed by atoms with Crippen molar-refractivity contribution in [1.82, 2.24) is 20.4 Å². The topological polar surface area (TPSA) is 54.2 Å². The Morgan fingerprint density at radius 2 is 2.00 bits per heavy atom. The van der Waals surface area contributed by atoms with Gasteiger partial charge >= 0.3 is 0 Å². The van der Waals surface area contributed by atoms with Crippen LogP contribution in [0.3, 0.4) is 0 Å². The van der Waals surface area contributed by atoms with Gasteiger partial charge in [0.25, 0.3) is 0 Å². The van der Waals surface area contributed by atoms with Crippen LogP contribution < -0.4 is 10.6 Å². The fourth-order valence-electron chi connectivity index (χ4n) is 1.96. The van der Waals surface area contributed by atoms with Gasteiger partial charge in [-0.1, -0.05) is 29.8 Å². The molecular weight excluding hydrogens is 413 g/mol. The number of hydrogen-bond acceptors (Lipinski definition) is 2. The van der Waals surface area contributed by atoms with Crippen LogP contribution in [-0.2, 0) is 13.0 Å². The van der Waals surface area contributed by atoms with Crippen LogP contribution in [0.5, 0.6) is 0 Å². The lowest BCUT2D eigenvalue weighted by atomic mass is 10.1. The maximum atomic E-state index is 6.13. The number of guanidine groups is 1. The fraction of sp³-hybridized carbons (Fsp3) is 0.333. The van der Waals surface area contributed by atoms with Crippen molar-refractivity contribution in [2.75, 3.05) is 20.1 Å². The van der Waals surface area contributed by atoms with Gasteiger partial charge in [0.1, 0.15) is 0 Å². The van der Waals surface area contributed by atoms with Crippen LogP contribution in [0.4, 0.5) is 0 Å². The van der Waals surface area contributed by atoms with E-state index in [1.807, 2.05) is 41.2 Å². The molecule has 2 rings (SSSR count). The van der Waals surface area contributed by atoms with Crippen molar-refractivity contribution in [3.05, 3.63) is 53.3 Å². The second-order valence-corrected chi connectivity index (χ2v) is 4.94. The number of nitrogens with zero attached hydrogens (tertiary/aromatic N) is 3. The first-order valence-corrected chi connectivity index (χ1v) is 7.33. The summed E-state index contributed by atoms with van der Waals surface area (Å²) in [6.45, 7) is 2.36. The first-order chi connectivity index (χ1) is 10.3. The third kappa shape index (κ3) is 6.23. The zero-order chi connectivity index (χ0) is 14.9. The zero-order valence-electron chi connectivity index (χ0n) is 12.5. The lowest BCUT2D eigenvalue weighted by Crippen LogP contribution is -2.39. The van der Waals surface area contributed by atoms with Gasteiger partial charge in [0.05, 0.1) is 6.54 Å². The van der Waals surface area contributed by atoms with Crippen molar-refractivity contribution in [3.63, 3.8) is 0 Å². The first-order valence-electron chi connectivity index (χ1n) is 6.95. The number of aliphatic imine (C=N–C) groups is 1. The monoisotopic (exact) mass is 433 g/mol. The lowest BCUT2D eigenvalue weighted by molar-refractivity contribution is 0.598. The molecule has 1 aromatic carbocycles. The van der Waals surface area contributed by atoms with Crippen LogP contribution in [-0.4, -0.2) is 35.9 Å². The van der Waals surface area contributed by atoms with Crippen molar-refractivity contribution >= 4 is 41.5 Å². The Kier molecular flexibility index (Phi) is 8.91. The number of hydrogen-bond donors (Lipinski definition) is 2. The van der Waals surface area contributed by atoms with E-state index in [4.69, 9.17) is 11.6 Å². The van der Waals surface area contributed by atoms with E-state index >= 15 is 0 Å². The first kappa shape index (κ1) is 18.8. The van der Waals surface area contributed by atoms with E-state index in [0.29, 0.717) is 0 Å². The van der Waals surface area contributed by atoms with E-state index < -0.39 is 0 Å². The smallest absolute Gasteiger partial charge is 0.191 e. The molecular formula is C15H21ClIN5. The predicted molar refractivity (Wildman–Crippen MR) is 102 cm³/mol. The molecule has 7 heteroatoms. The SMILES string of the molecule is CN=C(NCCc1ccccc1Cl)NCCn1cccn1.I. The maximum Gasteiger partial charge on any atom is 0.191 e. The Hall–Kier alpha value is -1.28. The maximum absolute atomic E-state index is 6.13. The van der Waals surface area contributed by atoms with Gasteiger partial charge in [0, 0.05) is 37.6 Å². The quantitative estimate of drug-likeness (QED) is 0.418. The van der Waals surface area contributed by atoms with Crippen LogP contribution >= 0.6 is 35.6 Å². The summed E-state index contributed by atoms with van der Waals surface area (Å²) < 4.78 is 1.88. The second kappa shape index (κ2) is 10.4. The normalized spacial score (nSPS) is 10.9. The number of halogens is 2. The van der Waals surface area contributed by atoms with E-state index in [9.17, 15) is 0 Å². The van der Waals surface area contributed by atoms with E-state index in [0.717, 1.165) is 42.6 Å². The Morgan fingerprint density at radius 1 is 1.23 bits per heavy atom. The molecule has 0 saturated heterocycles. The molecule has 0 atom stereocenters. The van der Waals surface area contributed by atoms with E-state index in [2.05, 4.69) is 20.7 Å². The molecule has 2 N–H and O–H groups in total. The van der Waals surface area contributed by atoms with Gasteiger partial charge in [-0.25, -0.2) is 0 Å². The third-order valence-electron chi connectivity index (χ3n) is 3.06. The Morgan fingerprint density at radius 3 is 2.68 bits per heavy atom. The predicted octanol–water partition coefficient (Wildman–Crippen LogP) is 2.56. The molecule has 2 aromatic rings. The summed E-state index contributed by atoms with van der Waals surface area (Å²) in [4.78, 5) is 4.19. The van der Waals surface area contributed by atoms with Crippen molar-refractivity contribution in [2.24, 2.45) is 4.99 Å². The van der Waals surface area contributed by atoms with Crippen molar-refractivity contribution < 1.29 is 0 Å². The minimum atomic E-state index is 0. The van der Waals surface area contributed by atoms with E-state index in [-0.39, 0.29) is 24.0 Å². The third-order valence-corrected chi connectivity index (χ3v) is 3.43. The van der Waals surface area contributed by atoms with Gasteiger partial charge in [0.2, 0.25) is 0 Å². The summed E-state index contributed by atoms with van der Waals surface area (Å²) in [6.07, 6.45) is 4.57. The molecule has 22 heavy (non-hydrogen) atoms. The number of rotatable bonds is 6. The largest absolute Gasteiger partial charge is 0.356 e. The number of aromatic nitrogens is 2. The standard InChI is InChI=1S/C15H20ClN5.HI/c1-17-15(19-10-12-21-11-4-8-20-21)18-9-7-13-5-2-3-6-14(13)16;/h2-6,8,11H,7,9-10,12H2,1H3,(H2,17,18,19);1H.